The largest absolute Gasteiger partial charge is 0.454 e. The van der Waals surface area contributed by atoms with Crippen LogP contribution in [-0.4, -0.2) is 39.1 Å². The van der Waals surface area contributed by atoms with Gasteiger partial charge in [0, 0.05) is 17.0 Å². The number of carbonyl (C=O) groups is 3. The molecule has 0 amide bonds. The standard InChI is InChI=1S/C19H21NO5S/c1-5-26(24)16-9-7-6-8-14(16)19(23)25-10-15(22)18-11(2)17(13(4)21)12(3)20-18/h6-9,20H,5,10H2,1-4H3/t26-/m1/s1. The number of hydrogen-bond donors (Lipinski definition) is 1. The first-order valence-electron chi connectivity index (χ1n) is 8.15. The van der Waals surface area contributed by atoms with Gasteiger partial charge >= 0.3 is 5.97 Å². The Kier molecular flexibility index (Phi) is 6.26. The van der Waals surface area contributed by atoms with Crippen LogP contribution in [0, 0.1) is 13.8 Å². The lowest BCUT2D eigenvalue weighted by Crippen LogP contribution is -2.17. The molecule has 0 spiro atoms. The van der Waals surface area contributed by atoms with Gasteiger partial charge in [0.15, 0.2) is 12.4 Å². The Hall–Kier alpha value is -2.54. The smallest absolute Gasteiger partial charge is 0.339 e. The van der Waals surface area contributed by atoms with Crippen LogP contribution in [0.1, 0.15) is 56.3 Å². The van der Waals surface area contributed by atoms with Crippen LogP contribution in [0.15, 0.2) is 29.2 Å². The number of nitrogens with one attached hydrogen (secondary N) is 1. The minimum atomic E-state index is -1.31. The van der Waals surface area contributed by atoms with Crippen LogP contribution >= 0.6 is 0 Å². The molecule has 0 saturated heterocycles. The number of aromatic nitrogens is 1. The predicted molar refractivity (Wildman–Crippen MR) is 98.3 cm³/mol. The van der Waals surface area contributed by atoms with Crippen molar-refractivity contribution in [2.75, 3.05) is 12.4 Å². The molecule has 1 aromatic heterocycles. The molecule has 2 aromatic rings. The minimum absolute atomic E-state index is 0.136. The lowest BCUT2D eigenvalue weighted by atomic mass is 10.1. The fourth-order valence-electron chi connectivity index (χ4n) is 2.83. The number of ether oxygens (including phenoxy) is 1. The highest BCUT2D eigenvalue weighted by atomic mass is 32.2. The first-order valence-corrected chi connectivity index (χ1v) is 9.47. The Morgan fingerprint density at radius 3 is 2.38 bits per heavy atom. The molecule has 2 rings (SSSR count). The van der Waals surface area contributed by atoms with E-state index in [1.165, 1.54) is 13.0 Å². The summed E-state index contributed by atoms with van der Waals surface area (Å²) >= 11 is 0. The Balaban J connectivity index is 2.16. The average molecular weight is 375 g/mol. The van der Waals surface area contributed by atoms with Gasteiger partial charge in [0.2, 0.25) is 5.78 Å². The number of ketones is 2. The van der Waals surface area contributed by atoms with Gasteiger partial charge in [0.05, 0.1) is 27.0 Å². The molecule has 1 heterocycles. The lowest BCUT2D eigenvalue weighted by molar-refractivity contribution is 0.0469. The maximum absolute atomic E-state index is 12.4. The summed E-state index contributed by atoms with van der Waals surface area (Å²) in [4.78, 5) is 39.6. The molecule has 26 heavy (non-hydrogen) atoms. The van der Waals surface area contributed by atoms with E-state index in [1.54, 1.807) is 39.0 Å². The summed E-state index contributed by atoms with van der Waals surface area (Å²) in [6.07, 6.45) is 0. The van der Waals surface area contributed by atoms with Gasteiger partial charge in [-0.1, -0.05) is 19.1 Å². The van der Waals surface area contributed by atoms with E-state index < -0.39 is 29.2 Å². The Morgan fingerprint density at radius 2 is 1.81 bits per heavy atom. The lowest BCUT2D eigenvalue weighted by Gasteiger charge is -2.08. The molecule has 0 aliphatic rings. The molecule has 0 fully saturated rings. The van der Waals surface area contributed by atoms with E-state index in [9.17, 15) is 18.6 Å². The van der Waals surface area contributed by atoms with E-state index in [2.05, 4.69) is 4.98 Å². The molecule has 6 nitrogen and oxygen atoms in total. The van der Waals surface area contributed by atoms with Crippen molar-refractivity contribution in [3.8, 4) is 0 Å². The number of Topliss-reactive ketones (excluding diaryl/α,β-unsaturated/α-hetero) is 2. The Morgan fingerprint density at radius 1 is 1.15 bits per heavy atom. The highest BCUT2D eigenvalue weighted by Crippen LogP contribution is 2.20. The topological polar surface area (TPSA) is 93.3 Å². The van der Waals surface area contributed by atoms with E-state index in [-0.39, 0.29) is 17.0 Å². The van der Waals surface area contributed by atoms with E-state index in [0.717, 1.165) is 0 Å². The second kappa shape index (κ2) is 8.23. The zero-order chi connectivity index (χ0) is 19.4. The minimum Gasteiger partial charge on any atom is -0.454 e. The van der Waals surface area contributed by atoms with E-state index in [1.807, 2.05) is 0 Å². The quantitative estimate of drug-likeness (QED) is 0.593. The van der Waals surface area contributed by atoms with Crippen molar-refractivity contribution in [2.45, 2.75) is 32.6 Å². The fourth-order valence-corrected chi connectivity index (χ4v) is 3.77. The zero-order valence-electron chi connectivity index (χ0n) is 15.2. The normalized spacial score (nSPS) is 11.8. The van der Waals surface area contributed by atoms with Crippen LogP contribution in [-0.2, 0) is 15.5 Å². The number of H-pyrrole nitrogens is 1. The average Bonchev–Trinajstić information content (AvgIpc) is 2.93. The van der Waals surface area contributed by atoms with Gasteiger partial charge in [-0.05, 0) is 38.5 Å². The highest BCUT2D eigenvalue weighted by molar-refractivity contribution is 7.85. The number of rotatable bonds is 7. The van der Waals surface area contributed by atoms with Gasteiger partial charge in [-0.3, -0.25) is 13.8 Å². The number of hydrogen-bond acceptors (Lipinski definition) is 5. The molecule has 0 aliphatic carbocycles. The molecule has 0 radical (unpaired) electrons. The SMILES string of the molecule is CC[S@@](=O)c1ccccc1C(=O)OCC(=O)c1[nH]c(C)c(C(C)=O)c1C. The molecule has 0 saturated carbocycles. The maximum atomic E-state index is 12.4. The summed E-state index contributed by atoms with van der Waals surface area (Å²) in [6.45, 7) is 6.11. The van der Waals surface area contributed by atoms with Gasteiger partial charge in [-0.15, -0.1) is 0 Å². The van der Waals surface area contributed by atoms with Crippen LogP contribution < -0.4 is 0 Å². The summed E-state index contributed by atoms with van der Waals surface area (Å²) < 4.78 is 17.2. The monoisotopic (exact) mass is 375 g/mol. The Bertz CT molecular complexity index is 897. The zero-order valence-corrected chi connectivity index (χ0v) is 16.0. The number of benzene rings is 1. The van der Waals surface area contributed by atoms with Gasteiger partial charge in [0.1, 0.15) is 0 Å². The third-order valence-corrected chi connectivity index (χ3v) is 5.39. The summed E-state index contributed by atoms with van der Waals surface area (Å²) in [5.74, 6) is -0.898. The fraction of sp³-hybridized carbons (Fsp3) is 0.316. The van der Waals surface area contributed by atoms with E-state index in [0.29, 0.717) is 27.5 Å². The molecule has 0 bridgehead atoms. The van der Waals surface area contributed by atoms with E-state index in [4.69, 9.17) is 4.74 Å². The second-order valence-corrected chi connectivity index (χ2v) is 7.52. The number of esters is 1. The first-order chi connectivity index (χ1) is 12.3. The van der Waals surface area contributed by atoms with Crippen molar-refractivity contribution in [2.24, 2.45) is 0 Å². The van der Waals surface area contributed by atoms with Crippen LogP contribution in [0.4, 0.5) is 0 Å². The molecule has 7 heteroatoms. The number of aromatic amines is 1. The van der Waals surface area contributed by atoms with Crippen molar-refractivity contribution >= 4 is 28.3 Å². The van der Waals surface area contributed by atoms with Crippen LogP contribution in [0.3, 0.4) is 0 Å². The van der Waals surface area contributed by atoms with Crippen LogP contribution in [0.2, 0.25) is 0 Å². The van der Waals surface area contributed by atoms with Crippen molar-refractivity contribution in [3.05, 3.63) is 52.3 Å². The van der Waals surface area contributed by atoms with E-state index >= 15 is 0 Å². The molecule has 0 aliphatic heterocycles. The Labute approximate surface area is 154 Å². The molecule has 1 N–H and O–H groups in total. The van der Waals surface area contributed by atoms with Crippen molar-refractivity contribution in [3.63, 3.8) is 0 Å². The molecule has 1 aromatic carbocycles. The number of aryl methyl sites for hydroxylation is 1. The summed E-state index contributed by atoms with van der Waals surface area (Å²) in [6, 6.07) is 6.47. The van der Waals surface area contributed by atoms with Gasteiger partial charge in [0.25, 0.3) is 0 Å². The molecule has 0 unspecified atom stereocenters. The van der Waals surface area contributed by atoms with Crippen LogP contribution in [0.5, 0.6) is 0 Å². The third kappa shape index (κ3) is 3.99. The van der Waals surface area contributed by atoms with Crippen molar-refractivity contribution in [1.82, 2.24) is 4.98 Å². The van der Waals surface area contributed by atoms with Gasteiger partial charge in [-0.2, -0.15) is 0 Å². The predicted octanol–water partition coefficient (Wildman–Crippen LogP) is 3.00. The van der Waals surface area contributed by atoms with Crippen molar-refractivity contribution in [1.29, 1.82) is 0 Å². The van der Waals surface area contributed by atoms with Crippen LogP contribution in [0.25, 0.3) is 0 Å². The summed E-state index contributed by atoms with van der Waals surface area (Å²) in [7, 11) is -1.31. The molecular weight excluding hydrogens is 354 g/mol. The molecule has 138 valence electrons. The highest BCUT2D eigenvalue weighted by Gasteiger charge is 2.22. The summed E-state index contributed by atoms with van der Waals surface area (Å²) in [5, 5.41) is 0. The third-order valence-electron chi connectivity index (χ3n) is 4.02. The molecular formula is C19H21NO5S. The van der Waals surface area contributed by atoms with Gasteiger partial charge in [-0.25, -0.2) is 4.79 Å². The van der Waals surface area contributed by atoms with Gasteiger partial charge < -0.3 is 9.72 Å². The first kappa shape index (κ1) is 19.8. The second-order valence-electron chi connectivity index (χ2n) is 5.81. The maximum Gasteiger partial charge on any atom is 0.339 e. The summed E-state index contributed by atoms with van der Waals surface area (Å²) in [5.41, 5.74) is 2.07. The number of carbonyl (C=O) groups excluding carboxylic acids is 3. The molecule has 1 atom stereocenters. The van der Waals surface area contributed by atoms with Crippen molar-refractivity contribution < 1.29 is 23.3 Å².